The number of aromatic amines is 1. The number of carbonyl (C=O) groups excluding carboxylic acids is 2. The van der Waals surface area contributed by atoms with Crippen molar-refractivity contribution in [3.63, 3.8) is 0 Å². The van der Waals surface area contributed by atoms with Crippen molar-refractivity contribution in [1.29, 1.82) is 0 Å². The molecule has 38 heavy (non-hydrogen) atoms. The van der Waals surface area contributed by atoms with E-state index >= 15 is 0 Å². The monoisotopic (exact) mass is 537 g/mol. The summed E-state index contributed by atoms with van der Waals surface area (Å²) >= 11 is 6.47. The molecule has 5 heterocycles. The van der Waals surface area contributed by atoms with Crippen LogP contribution in [0.5, 0.6) is 5.75 Å². The molecule has 198 valence electrons. The van der Waals surface area contributed by atoms with E-state index in [9.17, 15) is 9.59 Å². The number of rotatable bonds is 7. The summed E-state index contributed by atoms with van der Waals surface area (Å²) in [7, 11) is 1.60. The number of hydrogen-bond acceptors (Lipinski definition) is 9. The summed E-state index contributed by atoms with van der Waals surface area (Å²) in [6, 6.07) is 1.72. The van der Waals surface area contributed by atoms with E-state index in [2.05, 4.69) is 24.8 Å². The highest BCUT2D eigenvalue weighted by molar-refractivity contribution is 6.41. The number of H-pyrrole nitrogens is 1. The van der Waals surface area contributed by atoms with Crippen LogP contribution in [0.25, 0.3) is 11.6 Å². The number of Topliss-reactive ketones (excluding diaryl/α,β-unsaturated/α-hetero) is 1. The largest absolute Gasteiger partial charge is 0.496 e. The highest BCUT2D eigenvalue weighted by atomic mass is 35.5. The van der Waals surface area contributed by atoms with Gasteiger partial charge in [0.2, 0.25) is 5.95 Å². The molecular weight excluding hydrogens is 510 g/mol. The summed E-state index contributed by atoms with van der Waals surface area (Å²) in [5, 5.41) is 0.0657. The fourth-order valence-corrected chi connectivity index (χ4v) is 5.01. The summed E-state index contributed by atoms with van der Waals surface area (Å²) in [5.41, 5.74) is 10.0. The Labute approximate surface area is 224 Å². The van der Waals surface area contributed by atoms with Crippen LogP contribution in [0.1, 0.15) is 38.4 Å². The third-order valence-corrected chi connectivity index (χ3v) is 6.99. The number of hydrogen-bond donors (Lipinski definition) is 2. The van der Waals surface area contributed by atoms with Gasteiger partial charge in [-0.25, -0.2) is 4.98 Å². The van der Waals surface area contributed by atoms with Crippen molar-refractivity contribution in [2.75, 3.05) is 50.6 Å². The molecule has 1 fully saturated rings. The minimum Gasteiger partial charge on any atom is -0.496 e. The summed E-state index contributed by atoms with van der Waals surface area (Å²) in [5.74, 6) is 0.609. The van der Waals surface area contributed by atoms with Crippen LogP contribution in [0, 0.1) is 13.8 Å². The molecule has 0 atom stereocenters. The van der Waals surface area contributed by atoms with Crippen molar-refractivity contribution in [2.45, 2.75) is 20.4 Å². The van der Waals surface area contributed by atoms with Crippen molar-refractivity contribution in [1.82, 2.24) is 24.8 Å². The number of pyridine rings is 1. The first-order valence-electron chi connectivity index (χ1n) is 12.1. The second-order valence-corrected chi connectivity index (χ2v) is 9.58. The molecule has 3 N–H and O–H groups in total. The molecule has 0 bridgehead atoms. The van der Waals surface area contributed by atoms with Crippen molar-refractivity contribution >= 4 is 46.7 Å². The van der Waals surface area contributed by atoms with Gasteiger partial charge >= 0.3 is 0 Å². The zero-order valence-corrected chi connectivity index (χ0v) is 22.1. The van der Waals surface area contributed by atoms with Crippen molar-refractivity contribution in [3.05, 3.63) is 57.3 Å². The number of aromatic nitrogens is 4. The van der Waals surface area contributed by atoms with Crippen LogP contribution in [0.4, 0.5) is 11.8 Å². The zero-order valence-electron chi connectivity index (χ0n) is 21.4. The number of ether oxygens (including phenoxy) is 2. The Morgan fingerprint density at radius 1 is 1.29 bits per heavy atom. The minimum absolute atomic E-state index is 0.0171. The number of nitrogen functional groups attached to an aromatic ring is 1. The average Bonchev–Trinajstić information content (AvgIpc) is 3.46. The molecule has 2 aliphatic heterocycles. The molecule has 0 spiro atoms. The lowest BCUT2D eigenvalue weighted by Crippen LogP contribution is -2.39. The van der Waals surface area contributed by atoms with Gasteiger partial charge in [-0.1, -0.05) is 11.6 Å². The SMILES string of the molecule is COc1c(C)cnc(CN2C(=O)C(=Cc3cc(C(=O)CN4CCOCC4)c[nH]3)c3c(Cl)nc(N)nc32)c1C. The van der Waals surface area contributed by atoms with Gasteiger partial charge in [-0.05, 0) is 26.0 Å². The Bertz CT molecular complexity index is 1450. The van der Waals surface area contributed by atoms with Gasteiger partial charge in [0.1, 0.15) is 10.9 Å². The van der Waals surface area contributed by atoms with E-state index in [1.807, 2.05) is 13.8 Å². The highest BCUT2D eigenvalue weighted by Crippen LogP contribution is 2.41. The molecule has 12 heteroatoms. The van der Waals surface area contributed by atoms with Crippen LogP contribution in [0.3, 0.4) is 0 Å². The number of nitrogens with one attached hydrogen (secondary N) is 1. The molecule has 1 saturated heterocycles. The lowest BCUT2D eigenvalue weighted by atomic mass is 10.1. The Hall–Kier alpha value is -3.80. The van der Waals surface area contributed by atoms with Gasteiger partial charge in [0, 0.05) is 47.9 Å². The predicted molar refractivity (Wildman–Crippen MR) is 143 cm³/mol. The maximum atomic E-state index is 13.7. The van der Waals surface area contributed by atoms with Crippen LogP contribution in [0.15, 0.2) is 18.5 Å². The molecule has 11 nitrogen and oxygen atoms in total. The van der Waals surface area contributed by atoms with Crippen LogP contribution in [0.2, 0.25) is 5.15 Å². The number of ketones is 1. The third kappa shape index (κ3) is 4.87. The van der Waals surface area contributed by atoms with Crippen molar-refractivity contribution in [3.8, 4) is 5.75 Å². The maximum absolute atomic E-state index is 13.7. The van der Waals surface area contributed by atoms with Crippen LogP contribution < -0.4 is 15.4 Å². The van der Waals surface area contributed by atoms with E-state index in [0.717, 1.165) is 24.2 Å². The molecule has 5 rings (SSSR count). The van der Waals surface area contributed by atoms with Gasteiger partial charge in [0.25, 0.3) is 5.91 Å². The average molecular weight is 538 g/mol. The first-order valence-corrected chi connectivity index (χ1v) is 12.5. The van der Waals surface area contributed by atoms with Gasteiger partial charge in [-0.3, -0.25) is 24.4 Å². The maximum Gasteiger partial charge on any atom is 0.260 e. The molecule has 0 aromatic carbocycles. The quantitative estimate of drug-likeness (QED) is 0.264. The lowest BCUT2D eigenvalue weighted by molar-refractivity contribution is -0.113. The Kier molecular flexibility index (Phi) is 7.15. The normalized spacial score (nSPS) is 16.8. The van der Waals surface area contributed by atoms with Crippen LogP contribution >= 0.6 is 11.6 Å². The minimum atomic E-state index is -0.335. The van der Waals surface area contributed by atoms with Crippen LogP contribution in [-0.4, -0.2) is 76.5 Å². The second-order valence-electron chi connectivity index (χ2n) is 9.22. The number of halogens is 1. The summed E-state index contributed by atoms with van der Waals surface area (Å²) in [4.78, 5) is 46.0. The topological polar surface area (TPSA) is 140 Å². The van der Waals surface area contributed by atoms with Gasteiger partial charge < -0.3 is 20.2 Å². The highest BCUT2D eigenvalue weighted by Gasteiger charge is 2.37. The molecule has 3 aromatic rings. The molecule has 3 aromatic heterocycles. The van der Waals surface area contributed by atoms with E-state index in [4.69, 9.17) is 26.8 Å². The number of methoxy groups -OCH3 is 1. The van der Waals surface area contributed by atoms with E-state index in [-0.39, 0.29) is 34.9 Å². The molecule has 1 amide bonds. The first-order chi connectivity index (χ1) is 18.3. The number of fused-ring (bicyclic) bond motifs is 1. The number of carbonyl (C=O) groups is 2. The standard InChI is InChI=1S/C26H28ClN7O4/c1-14-10-30-19(15(2)22(14)37-3)12-34-24-21(23(27)31-26(28)32-24)18(25(34)36)9-17-8-16(11-29-17)20(35)13-33-4-6-38-7-5-33/h8-11,29H,4-7,12-13H2,1-3H3,(H2,28,31,32). The van der Waals surface area contributed by atoms with Gasteiger partial charge in [-0.2, -0.15) is 4.98 Å². The smallest absolute Gasteiger partial charge is 0.260 e. The number of morpholine rings is 1. The molecule has 2 aliphatic rings. The number of nitrogens with zero attached hydrogens (tertiary/aromatic N) is 5. The Balaban J connectivity index is 1.46. The molecular formula is C26H28ClN7O4. The van der Waals surface area contributed by atoms with E-state index in [1.54, 1.807) is 31.6 Å². The van der Waals surface area contributed by atoms with Crippen LogP contribution in [-0.2, 0) is 16.1 Å². The summed E-state index contributed by atoms with van der Waals surface area (Å²) in [6.45, 7) is 6.91. The number of amides is 1. The summed E-state index contributed by atoms with van der Waals surface area (Å²) in [6.07, 6.45) is 4.99. The lowest BCUT2D eigenvalue weighted by Gasteiger charge is -2.25. The fraction of sp³-hybridized carbons (Fsp3) is 0.346. The number of aryl methyl sites for hydroxylation is 1. The summed E-state index contributed by atoms with van der Waals surface area (Å²) < 4.78 is 10.9. The van der Waals surface area contributed by atoms with Crippen molar-refractivity contribution < 1.29 is 19.1 Å². The third-order valence-electron chi connectivity index (χ3n) is 6.72. The number of nitrogens with two attached hydrogens (primary N) is 1. The molecule has 0 saturated carbocycles. The Morgan fingerprint density at radius 2 is 2.05 bits per heavy atom. The van der Waals surface area contributed by atoms with E-state index in [0.29, 0.717) is 53.8 Å². The van der Waals surface area contributed by atoms with E-state index < -0.39 is 0 Å². The van der Waals surface area contributed by atoms with Gasteiger partial charge in [0.05, 0.1) is 50.2 Å². The molecule has 0 aliphatic carbocycles. The predicted octanol–water partition coefficient (Wildman–Crippen LogP) is 2.66. The fourth-order valence-electron chi connectivity index (χ4n) is 4.74. The van der Waals surface area contributed by atoms with Gasteiger partial charge in [-0.15, -0.1) is 0 Å². The molecule has 0 radical (unpaired) electrons. The zero-order chi connectivity index (χ0) is 27.0. The Morgan fingerprint density at radius 3 is 2.79 bits per heavy atom. The van der Waals surface area contributed by atoms with Gasteiger partial charge in [0.15, 0.2) is 11.6 Å². The van der Waals surface area contributed by atoms with E-state index in [1.165, 1.54) is 4.90 Å². The second kappa shape index (κ2) is 10.5. The number of anilines is 2. The molecule has 0 unspecified atom stereocenters. The van der Waals surface area contributed by atoms with Crippen molar-refractivity contribution in [2.24, 2.45) is 0 Å². The first kappa shape index (κ1) is 25.8.